The molecule has 1 aromatic carbocycles. The summed E-state index contributed by atoms with van der Waals surface area (Å²) in [6.07, 6.45) is 2.34. The minimum Gasteiger partial charge on any atom is -0.421 e. The van der Waals surface area contributed by atoms with Crippen LogP contribution in [0.3, 0.4) is 0 Å². The first-order valence-electron chi connectivity index (χ1n) is 6.44. The standard InChI is InChI=1S/C15H20N2O/c1-5-9-15(3,4)13-8-6-7-12(10-13)14-17-16-11(2)18-14/h6-8,10H,5,9H2,1-4H3. The van der Waals surface area contributed by atoms with E-state index in [1.807, 2.05) is 6.07 Å². The molecule has 0 N–H and O–H groups in total. The minimum atomic E-state index is 0.180. The molecule has 2 rings (SSSR count). The number of hydrogen-bond acceptors (Lipinski definition) is 3. The average Bonchev–Trinajstić information content (AvgIpc) is 2.76. The summed E-state index contributed by atoms with van der Waals surface area (Å²) < 4.78 is 5.47. The van der Waals surface area contributed by atoms with Gasteiger partial charge in [-0.1, -0.05) is 39.3 Å². The van der Waals surface area contributed by atoms with Crippen LogP contribution in [0.4, 0.5) is 0 Å². The molecule has 1 aromatic heterocycles. The monoisotopic (exact) mass is 244 g/mol. The van der Waals surface area contributed by atoms with Gasteiger partial charge in [0.25, 0.3) is 0 Å². The Balaban J connectivity index is 2.36. The second-order valence-electron chi connectivity index (χ2n) is 5.34. The molecule has 0 aliphatic heterocycles. The van der Waals surface area contributed by atoms with E-state index in [2.05, 4.69) is 49.2 Å². The maximum atomic E-state index is 5.47. The molecule has 96 valence electrons. The third-order valence-corrected chi connectivity index (χ3v) is 3.29. The fourth-order valence-corrected chi connectivity index (χ4v) is 2.26. The van der Waals surface area contributed by atoms with Crippen molar-refractivity contribution in [3.05, 3.63) is 35.7 Å². The van der Waals surface area contributed by atoms with E-state index < -0.39 is 0 Å². The first-order valence-corrected chi connectivity index (χ1v) is 6.44. The molecule has 3 heteroatoms. The quantitative estimate of drug-likeness (QED) is 0.812. The fourth-order valence-electron chi connectivity index (χ4n) is 2.26. The van der Waals surface area contributed by atoms with Crippen LogP contribution in [0, 0.1) is 6.92 Å². The van der Waals surface area contributed by atoms with Crippen molar-refractivity contribution in [2.24, 2.45) is 0 Å². The van der Waals surface area contributed by atoms with Crippen molar-refractivity contribution in [1.82, 2.24) is 10.2 Å². The van der Waals surface area contributed by atoms with E-state index >= 15 is 0 Å². The predicted octanol–water partition coefficient (Wildman–Crippen LogP) is 4.12. The van der Waals surface area contributed by atoms with Crippen LogP contribution >= 0.6 is 0 Å². The molecule has 0 aliphatic carbocycles. The topological polar surface area (TPSA) is 38.9 Å². The Morgan fingerprint density at radius 1 is 1.22 bits per heavy atom. The average molecular weight is 244 g/mol. The van der Waals surface area contributed by atoms with Gasteiger partial charge in [0.1, 0.15) is 0 Å². The van der Waals surface area contributed by atoms with E-state index in [0.717, 1.165) is 5.56 Å². The number of hydrogen-bond donors (Lipinski definition) is 0. The molecule has 0 bridgehead atoms. The largest absolute Gasteiger partial charge is 0.421 e. The number of rotatable bonds is 4. The van der Waals surface area contributed by atoms with Crippen molar-refractivity contribution >= 4 is 0 Å². The zero-order valence-electron chi connectivity index (χ0n) is 11.5. The minimum absolute atomic E-state index is 0.180. The van der Waals surface area contributed by atoms with Gasteiger partial charge in [-0.25, -0.2) is 0 Å². The number of nitrogens with zero attached hydrogens (tertiary/aromatic N) is 2. The van der Waals surface area contributed by atoms with Gasteiger partial charge in [-0.05, 0) is 29.5 Å². The van der Waals surface area contributed by atoms with Gasteiger partial charge in [0.05, 0.1) is 0 Å². The molecule has 0 radical (unpaired) electrons. The fraction of sp³-hybridized carbons (Fsp3) is 0.467. The van der Waals surface area contributed by atoms with E-state index in [0.29, 0.717) is 11.8 Å². The second-order valence-corrected chi connectivity index (χ2v) is 5.34. The van der Waals surface area contributed by atoms with Crippen LogP contribution in [0.2, 0.25) is 0 Å². The number of benzene rings is 1. The normalized spacial score (nSPS) is 11.8. The van der Waals surface area contributed by atoms with Gasteiger partial charge >= 0.3 is 0 Å². The lowest BCUT2D eigenvalue weighted by molar-refractivity contribution is 0.473. The Morgan fingerprint density at radius 2 is 2.00 bits per heavy atom. The third-order valence-electron chi connectivity index (χ3n) is 3.29. The van der Waals surface area contributed by atoms with Gasteiger partial charge in [0.15, 0.2) is 0 Å². The number of aromatic nitrogens is 2. The predicted molar refractivity (Wildman–Crippen MR) is 72.4 cm³/mol. The summed E-state index contributed by atoms with van der Waals surface area (Å²) in [6, 6.07) is 8.39. The Morgan fingerprint density at radius 3 is 2.61 bits per heavy atom. The van der Waals surface area contributed by atoms with Crippen molar-refractivity contribution in [2.75, 3.05) is 0 Å². The highest BCUT2D eigenvalue weighted by atomic mass is 16.4. The van der Waals surface area contributed by atoms with Gasteiger partial charge in [-0.3, -0.25) is 0 Å². The molecular formula is C15H20N2O. The molecule has 0 saturated carbocycles. The maximum absolute atomic E-state index is 5.47. The molecular weight excluding hydrogens is 224 g/mol. The zero-order valence-corrected chi connectivity index (χ0v) is 11.5. The van der Waals surface area contributed by atoms with Gasteiger partial charge in [-0.15, -0.1) is 10.2 Å². The van der Waals surface area contributed by atoms with E-state index in [1.54, 1.807) is 6.92 Å². The highest BCUT2D eigenvalue weighted by Crippen LogP contribution is 2.31. The molecule has 0 unspecified atom stereocenters. The maximum Gasteiger partial charge on any atom is 0.247 e. The molecule has 0 fully saturated rings. The van der Waals surface area contributed by atoms with Crippen LogP contribution in [0.25, 0.3) is 11.5 Å². The van der Waals surface area contributed by atoms with Crippen LogP contribution in [-0.4, -0.2) is 10.2 Å². The first kappa shape index (κ1) is 12.8. The van der Waals surface area contributed by atoms with E-state index in [1.165, 1.54) is 18.4 Å². The van der Waals surface area contributed by atoms with Gasteiger partial charge < -0.3 is 4.42 Å². The van der Waals surface area contributed by atoms with Crippen LogP contribution in [0.1, 0.15) is 45.1 Å². The Labute approximate surface area is 108 Å². The molecule has 0 spiro atoms. The molecule has 18 heavy (non-hydrogen) atoms. The van der Waals surface area contributed by atoms with Crippen molar-refractivity contribution in [3.63, 3.8) is 0 Å². The van der Waals surface area contributed by atoms with Crippen molar-refractivity contribution in [3.8, 4) is 11.5 Å². The van der Waals surface area contributed by atoms with Crippen molar-refractivity contribution in [1.29, 1.82) is 0 Å². The third kappa shape index (κ3) is 2.61. The Bertz CT molecular complexity index is 529. The highest BCUT2D eigenvalue weighted by molar-refractivity contribution is 5.54. The molecule has 0 aliphatic rings. The lowest BCUT2D eigenvalue weighted by Crippen LogP contribution is -2.16. The molecule has 0 atom stereocenters. The highest BCUT2D eigenvalue weighted by Gasteiger charge is 2.20. The summed E-state index contributed by atoms with van der Waals surface area (Å²) in [6.45, 7) is 8.57. The first-order chi connectivity index (χ1) is 8.53. The van der Waals surface area contributed by atoms with Crippen molar-refractivity contribution < 1.29 is 4.42 Å². The van der Waals surface area contributed by atoms with E-state index in [-0.39, 0.29) is 5.41 Å². The van der Waals surface area contributed by atoms with Crippen LogP contribution in [-0.2, 0) is 5.41 Å². The Kier molecular flexibility index (Phi) is 3.50. The van der Waals surface area contributed by atoms with Gasteiger partial charge in [-0.2, -0.15) is 0 Å². The smallest absolute Gasteiger partial charge is 0.247 e. The second kappa shape index (κ2) is 4.92. The molecule has 0 amide bonds. The van der Waals surface area contributed by atoms with Gasteiger partial charge in [0, 0.05) is 12.5 Å². The SMILES string of the molecule is CCCC(C)(C)c1cccc(-c2nnc(C)o2)c1. The Hall–Kier alpha value is -1.64. The lowest BCUT2D eigenvalue weighted by Gasteiger charge is -2.25. The van der Waals surface area contributed by atoms with E-state index in [4.69, 9.17) is 4.42 Å². The lowest BCUT2D eigenvalue weighted by atomic mass is 9.80. The molecule has 3 nitrogen and oxygen atoms in total. The zero-order chi connectivity index (χ0) is 13.2. The van der Waals surface area contributed by atoms with Crippen LogP contribution in [0.15, 0.2) is 28.7 Å². The summed E-state index contributed by atoms with van der Waals surface area (Å²) >= 11 is 0. The summed E-state index contributed by atoms with van der Waals surface area (Å²) in [5, 5.41) is 7.94. The van der Waals surface area contributed by atoms with Gasteiger partial charge in [0.2, 0.25) is 11.8 Å². The molecule has 1 heterocycles. The molecule has 0 saturated heterocycles. The summed E-state index contributed by atoms with van der Waals surface area (Å²) in [5.74, 6) is 1.20. The molecule has 2 aromatic rings. The summed E-state index contributed by atoms with van der Waals surface area (Å²) in [5.41, 5.74) is 2.50. The van der Waals surface area contributed by atoms with Crippen molar-refractivity contribution in [2.45, 2.75) is 46.0 Å². The summed E-state index contributed by atoms with van der Waals surface area (Å²) in [7, 11) is 0. The van der Waals surface area contributed by atoms with Crippen LogP contribution < -0.4 is 0 Å². The van der Waals surface area contributed by atoms with Crippen LogP contribution in [0.5, 0.6) is 0 Å². The van der Waals surface area contributed by atoms with E-state index in [9.17, 15) is 0 Å². The number of aryl methyl sites for hydroxylation is 1. The summed E-state index contributed by atoms with van der Waals surface area (Å²) in [4.78, 5) is 0.